The molecule has 19 heavy (non-hydrogen) atoms. The van der Waals surface area contributed by atoms with Crippen molar-refractivity contribution in [1.29, 1.82) is 0 Å². The van der Waals surface area contributed by atoms with Crippen LogP contribution in [0, 0.1) is 0 Å². The molecule has 0 amide bonds. The Morgan fingerprint density at radius 2 is 2.26 bits per heavy atom. The number of rotatable bonds is 2. The Morgan fingerprint density at radius 3 is 3.05 bits per heavy atom. The Bertz CT molecular complexity index is 581. The third kappa shape index (κ3) is 2.58. The number of hydrogen-bond acceptors (Lipinski definition) is 5. The minimum absolute atomic E-state index is 0.339. The van der Waals surface area contributed by atoms with Crippen LogP contribution in [0.2, 0.25) is 5.02 Å². The summed E-state index contributed by atoms with van der Waals surface area (Å²) in [7, 11) is 0. The summed E-state index contributed by atoms with van der Waals surface area (Å²) in [6.45, 7) is 0. The van der Waals surface area contributed by atoms with Crippen LogP contribution in [0.25, 0.3) is 11.5 Å². The van der Waals surface area contributed by atoms with Crippen molar-refractivity contribution in [3.63, 3.8) is 0 Å². The quantitative estimate of drug-likeness (QED) is 0.850. The van der Waals surface area contributed by atoms with Crippen molar-refractivity contribution in [2.45, 2.75) is 24.5 Å². The Morgan fingerprint density at radius 1 is 1.37 bits per heavy atom. The molecule has 1 unspecified atom stereocenters. The molecule has 2 N–H and O–H groups in total. The van der Waals surface area contributed by atoms with Gasteiger partial charge in [0, 0.05) is 0 Å². The third-order valence-corrected chi connectivity index (χ3v) is 4.90. The lowest BCUT2D eigenvalue weighted by molar-refractivity contribution is 0.420. The van der Waals surface area contributed by atoms with E-state index in [1.54, 1.807) is 6.07 Å². The van der Waals surface area contributed by atoms with Crippen molar-refractivity contribution in [1.82, 2.24) is 10.1 Å². The van der Waals surface area contributed by atoms with E-state index in [1.807, 2.05) is 23.9 Å². The molecule has 2 aromatic rings. The number of benzene rings is 1. The number of nitrogens with zero attached hydrogens (tertiary/aromatic N) is 2. The van der Waals surface area contributed by atoms with Gasteiger partial charge in [0.2, 0.25) is 0 Å². The number of aromatic nitrogens is 2. The molecule has 0 saturated carbocycles. The number of thioether (sulfide) groups is 1. The second-order valence-electron chi connectivity index (χ2n) is 4.51. The summed E-state index contributed by atoms with van der Waals surface area (Å²) in [5.41, 5.74) is 7.12. The molecule has 2 heterocycles. The van der Waals surface area contributed by atoms with E-state index in [9.17, 15) is 0 Å². The molecule has 3 rings (SSSR count). The highest BCUT2D eigenvalue weighted by Crippen LogP contribution is 2.38. The van der Waals surface area contributed by atoms with Crippen molar-refractivity contribution in [2.75, 3.05) is 11.5 Å². The highest BCUT2D eigenvalue weighted by atomic mass is 35.5. The Labute approximate surface area is 120 Å². The van der Waals surface area contributed by atoms with Gasteiger partial charge in [0.25, 0.3) is 5.89 Å². The van der Waals surface area contributed by atoms with Gasteiger partial charge < -0.3 is 10.3 Å². The van der Waals surface area contributed by atoms with Gasteiger partial charge in [-0.2, -0.15) is 16.7 Å². The van der Waals surface area contributed by atoms with Crippen molar-refractivity contribution in [2.24, 2.45) is 0 Å². The summed E-state index contributed by atoms with van der Waals surface area (Å²) in [5, 5.41) is 4.92. The predicted molar refractivity (Wildman–Crippen MR) is 78.2 cm³/mol. The molecule has 1 atom stereocenters. The first-order chi connectivity index (χ1) is 9.25. The second-order valence-corrected chi connectivity index (χ2v) is 6.23. The van der Waals surface area contributed by atoms with Crippen LogP contribution in [0.5, 0.6) is 0 Å². The van der Waals surface area contributed by atoms with Gasteiger partial charge in [0.1, 0.15) is 0 Å². The molecule has 1 aromatic heterocycles. The third-order valence-electron chi connectivity index (χ3n) is 3.19. The van der Waals surface area contributed by atoms with E-state index in [1.165, 1.54) is 12.8 Å². The Kier molecular flexibility index (Phi) is 3.66. The van der Waals surface area contributed by atoms with Gasteiger partial charge >= 0.3 is 0 Å². The minimum atomic E-state index is 0.339. The van der Waals surface area contributed by atoms with Gasteiger partial charge in [-0.25, -0.2) is 0 Å². The van der Waals surface area contributed by atoms with Crippen LogP contribution in [0.4, 0.5) is 5.69 Å². The smallest absolute Gasteiger partial charge is 0.260 e. The fraction of sp³-hybridized carbons (Fsp3) is 0.385. The molecule has 1 aliphatic rings. The molecule has 1 saturated heterocycles. The lowest BCUT2D eigenvalue weighted by atomic mass is 10.1. The molecule has 1 aromatic carbocycles. The number of para-hydroxylation sites is 1. The van der Waals surface area contributed by atoms with Gasteiger partial charge in [-0.05, 0) is 30.7 Å². The fourth-order valence-electron chi connectivity index (χ4n) is 2.14. The largest absolute Gasteiger partial charge is 0.397 e. The highest BCUT2D eigenvalue weighted by molar-refractivity contribution is 7.99. The predicted octanol–water partition coefficient (Wildman–Crippen LogP) is 3.93. The first-order valence-electron chi connectivity index (χ1n) is 6.25. The van der Waals surface area contributed by atoms with Gasteiger partial charge in [0.15, 0.2) is 5.82 Å². The fourth-order valence-corrected chi connectivity index (χ4v) is 3.55. The van der Waals surface area contributed by atoms with E-state index < -0.39 is 0 Å². The Balaban J connectivity index is 1.90. The summed E-state index contributed by atoms with van der Waals surface area (Å²) < 4.78 is 5.33. The van der Waals surface area contributed by atoms with Gasteiger partial charge in [-0.1, -0.05) is 29.2 Å². The van der Waals surface area contributed by atoms with Crippen LogP contribution in [0.1, 0.15) is 30.3 Å². The highest BCUT2D eigenvalue weighted by Gasteiger charge is 2.22. The van der Waals surface area contributed by atoms with Crippen LogP contribution in [0.15, 0.2) is 22.7 Å². The maximum atomic E-state index is 6.00. The summed E-state index contributed by atoms with van der Waals surface area (Å²) in [6.07, 6.45) is 3.60. The van der Waals surface area contributed by atoms with E-state index in [2.05, 4.69) is 10.1 Å². The molecule has 0 bridgehead atoms. The number of anilines is 1. The number of nitrogen functional groups attached to an aromatic ring is 1. The molecule has 0 aliphatic carbocycles. The molecule has 1 aliphatic heterocycles. The molecule has 0 radical (unpaired) electrons. The molecule has 100 valence electrons. The molecule has 6 heteroatoms. The van der Waals surface area contributed by atoms with Gasteiger partial charge in [-0.15, -0.1) is 0 Å². The van der Waals surface area contributed by atoms with Crippen LogP contribution in [-0.4, -0.2) is 15.9 Å². The van der Waals surface area contributed by atoms with E-state index in [0.717, 1.165) is 18.0 Å². The molecule has 0 spiro atoms. The topological polar surface area (TPSA) is 64.9 Å². The Hall–Kier alpha value is -1.20. The van der Waals surface area contributed by atoms with E-state index >= 15 is 0 Å². The van der Waals surface area contributed by atoms with Gasteiger partial charge in [-0.3, -0.25) is 0 Å². The zero-order chi connectivity index (χ0) is 13.2. The average Bonchev–Trinajstić information content (AvgIpc) is 2.92. The second kappa shape index (κ2) is 5.43. The molecular formula is C13H14ClN3OS. The van der Waals surface area contributed by atoms with Crippen LogP contribution in [-0.2, 0) is 0 Å². The SMILES string of the molecule is Nc1c(Cl)cccc1-c1nc(C2CCCCS2)no1. The first kappa shape index (κ1) is 12.8. The summed E-state index contributed by atoms with van der Waals surface area (Å²) in [4.78, 5) is 4.47. The maximum Gasteiger partial charge on any atom is 0.260 e. The van der Waals surface area contributed by atoms with E-state index in [4.69, 9.17) is 21.9 Å². The lowest BCUT2D eigenvalue weighted by Gasteiger charge is -2.17. The molecule has 1 fully saturated rings. The van der Waals surface area contributed by atoms with E-state index in [-0.39, 0.29) is 0 Å². The maximum absolute atomic E-state index is 6.00. The van der Waals surface area contributed by atoms with Crippen LogP contribution >= 0.6 is 23.4 Å². The first-order valence-corrected chi connectivity index (χ1v) is 7.68. The monoisotopic (exact) mass is 295 g/mol. The normalized spacial score (nSPS) is 19.5. The summed E-state index contributed by atoms with van der Waals surface area (Å²) >= 11 is 7.89. The van der Waals surface area contributed by atoms with Crippen molar-refractivity contribution in [3.05, 3.63) is 29.0 Å². The zero-order valence-corrected chi connectivity index (χ0v) is 11.9. The average molecular weight is 296 g/mol. The molecule has 4 nitrogen and oxygen atoms in total. The summed E-state index contributed by atoms with van der Waals surface area (Å²) in [6, 6.07) is 5.41. The lowest BCUT2D eigenvalue weighted by Crippen LogP contribution is -2.03. The summed E-state index contributed by atoms with van der Waals surface area (Å²) in [5.74, 6) is 2.37. The van der Waals surface area contributed by atoms with Crippen LogP contribution in [0.3, 0.4) is 0 Å². The minimum Gasteiger partial charge on any atom is -0.397 e. The van der Waals surface area contributed by atoms with Crippen molar-refractivity contribution < 1.29 is 4.52 Å². The number of halogens is 1. The number of nitrogens with two attached hydrogens (primary N) is 1. The van der Waals surface area contributed by atoms with Crippen molar-refractivity contribution in [3.8, 4) is 11.5 Å². The standard InChI is InChI=1S/C13H14ClN3OS/c14-9-5-3-4-8(11(9)15)13-16-12(17-18-13)10-6-1-2-7-19-10/h3-5,10H,1-2,6-7,15H2. The molecular weight excluding hydrogens is 282 g/mol. The van der Waals surface area contributed by atoms with E-state index in [0.29, 0.717) is 27.4 Å². The van der Waals surface area contributed by atoms with Crippen LogP contribution < -0.4 is 5.73 Å². The van der Waals surface area contributed by atoms with Gasteiger partial charge in [0.05, 0.1) is 21.5 Å². The number of hydrogen-bond donors (Lipinski definition) is 1. The van der Waals surface area contributed by atoms with Crippen molar-refractivity contribution >= 4 is 29.1 Å². The zero-order valence-electron chi connectivity index (χ0n) is 10.3.